The van der Waals surface area contributed by atoms with E-state index in [1.54, 1.807) is 15.9 Å². The quantitative estimate of drug-likeness (QED) is 0.641. The van der Waals surface area contributed by atoms with Crippen LogP contribution in [-0.4, -0.2) is 60.5 Å². The van der Waals surface area contributed by atoms with Gasteiger partial charge in [-0.15, -0.1) is 0 Å². The highest BCUT2D eigenvalue weighted by Gasteiger charge is 2.33. The van der Waals surface area contributed by atoms with Crippen molar-refractivity contribution in [2.75, 3.05) is 32.8 Å². The highest BCUT2D eigenvalue weighted by molar-refractivity contribution is 5.95. The Labute approximate surface area is 187 Å². The maximum Gasteiger partial charge on any atom is 0.267 e. The van der Waals surface area contributed by atoms with Crippen molar-refractivity contribution in [1.29, 1.82) is 0 Å². The van der Waals surface area contributed by atoms with E-state index in [1.807, 2.05) is 72.8 Å². The van der Waals surface area contributed by atoms with Crippen LogP contribution in [0.2, 0.25) is 0 Å². The summed E-state index contributed by atoms with van der Waals surface area (Å²) in [5, 5.41) is 0. The van der Waals surface area contributed by atoms with Gasteiger partial charge in [-0.3, -0.25) is 9.59 Å². The van der Waals surface area contributed by atoms with Crippen molar-refractivity contribution >= 4 is 11.8 Å². The molecular weight excluding hydrogens is 404 g/mol. The van der Waals surface area contributed by atoms with Crippen LogP contribution in [0.4, 0.5) is 0 Å². The monoisotopic (exact) mass is 428 g/mol. The van der Waals surface area contributed by atoms with E-state index in [9.17, 15) is 9.59 Å². The number of ether oxygens (including phenoxy) is 2. The van der Waals surface area contributed by atoms with E-state index in [-0.39, 0.29) is 18.4 Å². The molecule has 2 heterocycles. The predicted molar refractivity (Wildman–Crippen MR) is 121 cm³/mol. The number of hydrogen-bond acceptors (Lipinski definition) is 4. The summed E-state index contributed by atoms with van der Waals surface area (Å²) in [6.07, 6.45) is -0.655. The molecule has 0 saturated carbocycles. The Morgan fingerprint density at radius 1 is 0.688 bits per heavy atom. The van der Waals surface area contributed by atoms with Gasteiger partial charge in [0.1, 0.15) is 6.61 Å². The zero-order valence-corrected chi connectivity index (χ0v) is 17.6. The van der Waals surface area contributed by atoms with E-state index in [1.165, 1.54) is 0 Å². The molecule has 1 unspecified atom stereocenters. The maximum absolute atomic E-state index is 12.9. The Kier molecular flexibility index (Phi) is 5.50. The molecule has 162 valence electrons. The van der Waals surface area contributed by atoms with Crippen molar-refractivity contribution in [3.05, 3.63) is 84.4 Å². The van der Waals surface area contributed by atoms with Crippen molar-refractivity contribution in [3.8, 4) is 22.6 Å². The minimum atomic E-state index is -0.655. The van der Waals surface area contributed by atoms with Gasteiger partial charge in [0.15, 0.2) is 11.5 Å². The molecule has 1 fully saturated rings. The van der Waals surface area contributed by atoms with Gasteiger partial charge < -0.3 is 19.3 Å². The molecular formula is C26H24N2O4. The standard InChI is InChI=1S/C26H24N2O4/c29-25(21-12-10-20(11-13-21)19-6-2-1-3-7-19)27-14-16-28(17-15-27)26(30)24-18-31-22-8-4-5-9-23(22)32-24/h1-13,24H,14-18H2. The number of nitrogens with zero attached hydrogens (tertiary/aromatic N) is 2. The first kappa shape index (κ1) is 20.1. The van der Waals surface area contributed by atoms with Crippen LogP contribution >= 0.6 is 0 Å². The lowest BCUT2D eigenvalue weighted by Gasteiger charge is -2.37. The molecule has 2 aliphatic rings. The van der Waals surface area contributed by atoms with E-state index in [0.717, 1.165) is 11.1 Å². The van der Waals surface area contributed by atoms with Crippen molar-refractivity contribution in [3.63, 3.8) is 0 Å². The first-order valence-electron chi connectivity index (χ1n) is 10.8. The van der Waals surface area contributed by atoms with Gasteiger partial charge >= 0.3 is 0 Å². The van der Waals surface area contributed by atoms with E-state index >= 15 is 0 Å². The van der Waals surface area contributed by atoms with Crippen LogP contribution in [0, 0.1) is 0 Å². The van der Waals surface area contributed by atoms with Crippen molar-refractivity contribution in [1.82, 2.24) is 9.80 Å². The second-order valence-electron chi connectivity index (χ2n) is 7.93. The number of fused-ring (bicyclic) bond motifs is 1. The van der Waals surface area contributed by atoms with Crippen LogP contribution in [0.15, 0.2) is 78.9 Å². The number of rotatable bonds is 3. The zero-order chi connectivity index (χ0) is 21.9. The minimum absolute atomic E-state index is 0.0112. The van der Waals surface area contributed by atoms with Gasteiger partial charge in [-0.25, -0.2) is 0 Å². The van der Waals surface area contributed by atoms with Crippen LogP contribution < -0.4 is 9.47 Å². The normalized spacial score (nSPS) is 17.7. The molecule has 0 radical (unpaired) electrons. The van der Waals surface area contributed by atoms with E-state index in [4.69, 9.17) is 9.47 Å². The fourth-order valence-corrected chi connectivity index (χ4v) is 4.09. The molecule has 6 nitrogen and oxygen atoms in total. The fourth-order valence-electron chi connectivity index (χ4n) is 4.09. The average molecular weight is 428 g/mol. The zero-order valence-electron chi connectivity index (χ0n) is 17.6. The van der Waals surface area contributed by atoms with Gasteiger partial charge in [-0.2, -0.15) is 0 Å². The number of carbonyl (C=O) groups is 2. The summed E-state index contributed by atoms with van der Waals surface area (Å²) in [5.41, 5.74) is 2.86. The number of piperazine rings is 1. The summed E-state index contributed by atoms with van der Waals surface area (Å²) in [7, 11) is 0. The van der Waals surface area contributed by atoms with Crippen LogP contribution in [-0.2, 0) is 4.79 Å². The lowest BCUT2D eigenvalue weighted by molar-refractivity contribution is -0.142. The van der Waals surface area contributed by atoms with Gasteiger partial charge in [-0.1, -0.05) is 54.6 Å². The van der Waals surface area contributed by atoms with Crippen LogP contribution in [0.25, 0.3) is 11.1 Å². The number of amides is 2. The third-order valence-corrected chi connectivity index (χ3v) is 5.90. The van der Waals surface area contributed by atoms with Crippen LogP contribution in [0.1, 0.15) is 10.4 Å². The molecule has 0 aromatic heterocycles. The summed E-state index contributed by atoms with van der Waals surface area (Å²) in [4.78, 5) is 29.4. The Balaban J connectivity index is 1.18. The van der Waals surface area contributed by atoms with Crippen LogP contribution in [0.3, 0.4) is 0 Å². The molecule has 32 heavy (non-hydrogen) atoms. The SMILES string of the molecule is O=C(c1ccc(-c2ccccc2)cc1)N1CCN(C(=O)C2COc3ccccc3O2)CC1. The first-order valence-corrected chi connectivity index (χ1v) is 10.8. The molecule has 6 heteroatoms. The van der Waals surface area contributed by atoms with Crippen LogP contribution in [0.5, 0.6) is 11.5 Å². The molecule has 0 bridgehead atoms. The molecule has 3 aromatic carbocycles. The van der Waals surface area contributed by atoms with Gasteiger partial charge in [0.25, 0.3) is 11.8 Å². The Hall–Kier alpha value is -3.80. The molecule has 2 aliphatic heterocycles. The topological polar surface area (TPSA) is 59.1 Å². The fraction of sp³-hybridized carbons (Fsp3) is 0.231. The molecule has 1 saturated heterocycles. The van der Waals surface area contributed by atoms with E-state index < -0.39 is 6.10 Å². The van der Waals surface area contributed by atoms with Gasteiger partial charge in [0, 0.05) is 31.7 Å². The Morgan fingerprint density at radius 2 is 1.28 bits per heavy atom. The minimum Gasteiger partial charge on any atom is -0.485 e. The first-order chi connectivity index (χ1) is 15.7. The third kappa shape index (κ3) is 4.04. The maximum atomic E-state index is 12.9. The molecule has 1 atom stereocenters. The molecule has 0 spiro atoms. The van der Waals surface area contributed by atoms with Gasteiger partial charge in [0.2, 0.25) is 6.10 Å². The molecule has 2 amide bonds. The summed E-state index contributed by atoms with van der Waals surface area (Å²) < 4.78 is 11.5. The highest BCUT2D eigenvalue weighted by Crippen LogP contribution is 2.31. The number of benzene rings is 3. The highest BCUT2D eigenvalue weighted by atomic mass is 16.6. The van der Waals surface area contributed by atoms with Crippen molar-refractivity contribution in [2.24, 2.45) is 0 Å². The van der Waals surface area contributed by atoms with Crippen molar-refractivity contribution < 1.29 is 19.1 Å². The summed E-state index contributed by atoms with van der Waals surface area (Å²) in [6.45, 7) is 2.15. The number of hydrogen-bond donors (Lipinski definition) is 0. The van der Waals surface area contributed by atoms with Crippen molar-refractivity contribution in [2.45, 2.75) is 6.10 Å². The number of para-hydroxylation sites is 2. The Morgan fingerprint density at radius 3 is 2.00 bits per heavy atom. The van der Waals surface area contributed by atoms with E-state index in [2.05, 4.69) is 0 Å². The molecule has 0 N–H and O–H groups in total. The lowest BCUT2D eigenvalue weighted by Crippen LogP contribution is -2.55. The molecule has 5 rings (SSSR count). The second-order valence-corrected chi connectivity index (χ2v) is 7.93. The predicted octanol–water partition coefficient (Wildman–Crippen LogP) is 3.48. The Bertz CT molecular complexity index is 1110. The molecule has 0 aliphatic carbocycles. The number of carbonyl (C=O) groups excluding carboxylic acids is 2. The third-order valence-electron chi connectivity index (χ3n) is 5.90. The second kappa shape index (κ2) is 8.75. The smallest absolute Gasteiger partial charge is 0.267 e. The van der Waals surface area contributed by atoms with Gasteiger partial charge in [-0.05, 0) is 35.4 Å². The summed E-state index contributed by atoms with van der Waals surface area (Å²) >= 11 is 0. The summed E-state index contributed by atoms with van der Waals surface area (Å²) in [5.74, 6) is 1.14. The average Bonchev–Trinajstić information content (AvgIpc) is 2.88. The lowest BCUT2D eigenvalue weighted by atomic mass is 10.0. The van der Waals surface area contributed by atoms with E-state index in [0.29, 0.717) is 43.2 Å². The van der Waals surface area contributed by atoms with Gasteiger partial charge in [0.05, 0.1) is 0 Å². The molecule has 3 aromatic rings. The summed E-state index contributed by atoms with van der Waals surface area (Å²) in [6, 6.07) is 25.1. The largest absolute Gasteiger partial charge is 0.485 e.